The number of amides is 1. The largest absolute Gasteiger partial charge is 0.475 e. The van der Waals surface area contributed by atoms with E-state index in [1.807, 2.05) is 6.07 Å². The Morgan fingerprint density at radius 2 is 2.25 bits per heavy atom. The van der Waals surface area contributed by atoms with Crippen LogP contribution in [0.25, 0.3) is 11.0 Å². The van der Waals surface area contributed by atoms with E-state index in [0.717, 1.165) is 33.1 Å². The lowest BCUT2D eigenvalue weighted by Gasteiger charge is -2.12. The number of hydrogen-bond donors (Lipinski definition) is 2. The van der Waals surface area contributed by atoms with Gasteiger partial charge in [0.2, 0.25) is 5.91 Å². The topological polar surface area (TPSA) is 79.9 Å². The molecule has 28 heavy (non-hydrogen) atoms. The fourth-order valence-corrected chi connectivity index (χ4v) is 3.89. The summed E-state index contributed by atoms with van der Waals surface area (Å²) in [5.74, 6) is 0.544. The highest BCUT2D eigenvalue weighted by atomic mass is 32.1. The smallest absolute Gasteiger partial charge is 0.422 e. The number of H-pyrrole nitrogens is 1. The Hall–Kier alpha value is -2.62. The predicted molar refractivity (Wildman–Crippen MR) is 97.2 cm³/mol. The molecule has 0 aromatic carbocycles. The highest BCUT2D eigenvalue weighted by Crippen LogP contribution is 2.47. The van der Waals surface area contributed by atoms with Crippen molar-refractivity contribution in [1.29, 1.82) is 0 Å². The minimum atomic E-state index is -4.38. The van der Waals surface area contributed by atoms with Crippen molar-refractivity contribution in [2.45, 2.75) is 31.5 Å². The van der Waals surface area contributed by atoms with Crippen LogP contribution in [0.4, 0.5) is 13.2 Å². The number of pyridine rings is 1. The number of thiophene rings is 1. The third-order valence-corrected chi connectivity index (χ3v) is 5.73. The number of fused-ring (bicyclic) bond motifs is 1. The zero-order valence-electron chi connectivity index (χ0n) is 14.8. The minimum Gasteiger partial charge on any atom is -0.475 e. The molecule has 3 atom stereocenters. The number of halogens is 3. The van der Waals surface area contributed by atoms with Crippen LogP contribution in [0.5, 0.6) is 5.06 Å². The van der Waals surface area contributed by atoms with E-state index >= 15 is 0 Å². The fourth-order valence-electron chi connectivity index (χ4n) is 3.03. The van der Waals surface area contributed by atoms with Gasteiger partial charge in [-0.2, -0.15) is 13.2 Å². The molecule has 3 aromatic heterocycles. The van der Waals surface area contributed by atoms with Gasteiger partial charge in [-0.15, -0.1) is 11.3 Å². The van der Waals surface area contributed by atoms with Crippen molar-refractivity contribution in [2.75, 3.05) is 6.61 Å². The van der Waals surface area contributed by atoms with Gasteiger partial charge in [0.1, 0.15) is 5.82 Å². The molecule has 0 radical (unpaired) electrons. The number of aromatic nitrogens is 3. The number of carbonyl (C=O) groups is 1. The zero-order valence-corrected chi connectivity index (χ0v) is 15.6. The van der Waals surface area contributed by atoms with Crippen LogP contribution in [0.1, 0.15) is 36.0 Å². The van der Waals surface area contributed by atoms with Crippen LogP contribution >= 0.6 is 11.3 Å². The standard InChI is InChI=1S/C18H17F3N4O2S/c1-9(14-2-3-15(28-14)27-8-18(19,20)21)23-17(26)11-6-10(11)16-24-12-4-5-22-7-13(12)25-16/h2-5,7,9-11H,6,8H2,1H3,(H,23,26)(H,24,25)/t9?,10-,11-/m1/s1. The van der Waals surface area contributed by atoms with E-state index in [4.69, 9.17) is 4.74 Å². The SMILES string of the molecule is CC(NC(=O)[C@@H]1C[C@H]1c1nc2ccncc2[nH]1)c1ccc(OCC(F)(F)F)s1. The summed E-state index contributed by atoms with van der Waals surface area (Å²) in [7, 11) is 0. The lowest BCUT2D eigenvalue weighted by atomic mass is 10.2. The molecule has 1 fully saturated rings. The summed E-state index contributed by atoms with van der Waals surface area (Å²) < 4.78 is 41.4. The Labute approximate surface area is 162 Å². The Morgan fingerprint density at radius 1 is 1.43 bits per heavy atom. The number of nitrogens with one attached hydrogen (secondary N) is 2. The zero-order chi connectivity index (χ0) is 19.9. The summed E-state index contributed by atoms with van der Waals surface area (Å²) in [6.07, 6.45) is -0.312. The molecule has 6 nitrogen and oxygen atoms in total. The first-order valence-electron chi connectivity index (χ1n) is 8.69. The first-order valence-corrected chi connectivity index (χ1v) is 9.51. The molecule has 3 aromatic rings. The second-order valence-corrected chi connectivity index (χ2v) is 7.83. The van der Waals surface area contributed by atoms with Crippen LogP contribution in [-0.4, -0.2) is 33.6 Å². The van der Waals surface area contributed by atoms with Gasteiger partial charge in [0.05, 0.1) is 23.3 Å². The molecule has 10 heteroatoms. The normalized spacial score (nSPS) is 20.1. The number of imidazole rings is 1. The fraction of sp³-hybridized carbons (Fsp3) is 0.389. The van der Waals surface area contributed by atoms with Gasteiger partial charge in [-0.3, -0.25) is 9.78 Å². The molecule has 1 aliphatic rings. The van der Waals surface area contributed by atoms with Gasteiger partial charge >= 0.3 is 6.18 Å². The summed E-state index contributed by atoms with van der Waals surface area (Å²) in [5, 5.41) is 3.09. The summed E-state index contributed by atoms with van der Waals surface area (Å²) in [4.78, 5) is 25.0. The number of nitrogens with zero attached hydrogens (tertiary/aromatic N) is 2. The van der Waals surface area contributed by atoms with Crippen LogP contribution in [0.2, 0.25) is 0 Å². The van der Waals surface area contributed by atoms with E-state index in [2.05, 4.69) is 20.3 Å². The molecular weight excluding hydrogens is 393 g/mol. The molecule has 0 saturated heterocycles. The summed E-state index contributed by atoms with van der Waals surface area (Å²) in [5.41, 5.74) is 1.65. The first kappa shape index (κ1) is 18.7. The van der Waals surface area contributed by atoms with Crippen molar-refractivity contribution in [2.24, 2.45) is 5.92 Å². The molecule has 0 aliphatic heterocycles. The van der Waals surface area contributed by atoms with Crippen molar-refractivity contribution in [3.63, 3.8) is 0 Å². The maximum Gasteiger partial charge on any atom is 0.422 e. The van der Waals surface area contributed by atoms with Gasteiger partial charge in [-0.25, -0.2) is 4.98 Å². The van der Waals surface area contributed by atoms with Crippen molar-refractivity contribution >= 4 is 28.3 Å². The summed E-state index contributed by atoms with van der Waals surface area (Å²) >= 11 is 1.09. The van der Waals surface area contributed by atoms with Crippen molar-refractivity contribution in [3.05, 3.63) is 41.3 Å². The maximum absolute atomic E-state index is 12.5. The molecule has 1 unspecified atom stereocenters. The molecule has 148 valence electrons. The van der Waals surface area contributed by atoms with Gasteiger partial charge < -0.3 is 15.0 Å². The molecule has 2 N–H and O–H groups in total. The molecule has 0 spiro atoms. The van der Waals surface area contributed by atoms with Gasteiger partial charge in [0.25, 0.3) is 0 Å². The number of alkyl halides is 3. The molecule has 4 rings (SSSR count). The second-order valence-electron chi connectivity index (χ2n) is 6.75. The molecule has 0 bridgehead atoms. The van der Waals surface area contributed by atoms with Gasteiger partial charge in [0.15, 0.2) is 11.7 Å². The average molecular weight is 410 g/mol. The number of hydrogen-bond acceptors (Lipinski definition) is 5. The van der Waals surface area contributed by atoms with E-state index in [0.29, 0.717) is 6.42 Å². The molecule has 1 amide bonds. The highest BCUT2D eigenvalue weighted by Gasteiger charge is 2.46. The third kappa shape index (κ3) is 4.11. The third-order valence-electron chi connectivity index (χ3n) is 4.55. The summed E-state index contributed by atoms with van der Waals surface area (Å²) in [6, 6.07) is 4.64. The number of carbonyl (C=O) groups excluding carboxylic acids is 1. The summed E-state index contributed by atoms with van der Waals surface area (Å²) in [6.45, 7) is 0.464. The van der Waals surface area contributed by atoms with Gasteiger partial charge in [-0.05, 0) is 31.5 Å². The van der Waals surface area contributed by atoms with E-state index in [1.165, 1.54) is 6.07 Å². The van der Waals surface area contributed by atoms with Crippen LogP contribution in [-0.2, 0) is 4.79 Å². The monoisotopic (exact) mass is 410 g/mol. The number of ether oxygens (including phenoxy) is 1. The minimum absolute atomic E-state index is 0.0358. The van der Waals surface area contributed by atoms with Crippen LogP contribution in [0.15, 0.2) is 30.6 Å². The number of aromatic amines is 1. The average Bonchev–Trinajstić information content (AvgIpc) is 3.11. The Morgan fingerprint density at radius 3 is 3.00 bits per heavy atom. The number of rotatable bonds is 6. The van der Waals surface area contributed by atoms with Gasteiger partial charge in [0, 0.05) is 22.9 Å². The highest BCUT2D eigenvalue weighted by molar-refractivity contribution is 7.13. The van der Waals surface area contributed by atoms with Crippen molar-refractivity contribution in [1.82, 2.24) is 20.3 Å². The van der Waals surface area contributed by atoms with Gasteiger partial charge in [-0.1, -0.05) is 0 Å². The van der Waals surface area contributed by atoms with E-state index < -0.39 is 12.8 Å². The molecule has 1 saturated carbocycles. The molecular formula is C18H17F3N4O2S. The maximum atomic E-state index is 12.5. The molecule has 3 heterocycles. The lowest BCUT2D eigenvalue weighted by molar-refractivity contribution is -0.152. The predicted octanol–water partition coefficient (Wildman–Crippen LogP) is 3.94. The quantitative estimate of drug-likeness (QED) is 0.645. The van der Waals surface area contributed by atoms with Crippen molar-refractivity contribution < 1.29 is 22.7 Å². The Balaban J connectivity index is 1.33. The Bertz CT molecular complexity index is 967. The van der Waals surface area contributed by atoms with E-state index in [-0.39, 0.29) is 28.8 Å². The van der Waals surface area contributed by atoms with E-state index in [9.17, 15) is 18.0 Å². The van der Waals surface area contributed by atoms with E-state index in [1.54, 1.807) is 25.4 Å². The Kier molecular flexibility index (Phi) is 4.74. The second kappa shape index (κ2) is 7.08. The van der Waals surface area contributed by atoms with Crippen LogP contribution < -0.4 is 10.1 Å². The van der Waals surface area contributed by atoms with Crippen LogP contribution in [0, 0.1) is 5.92 Å². The first-order chi connectivity index (χ1) is 13.3. The lowest BCUT2D eigenvalue weighted by Crippen LogP contribution is -2.28. The molecule has 1 aliphatic carbocycles. The van der Waals surface area contributed by atoms with Crippen LogP contribution in [0.3, 0.4) is 0 Å². The van der Waals surface area contributed by atoms with Crippen molar-refractivity contribution in [3.8, 4) is 5.06 Å².